The Morgan fingerprint density at radius 2 is 1.93 bits per heavy atom. The molecule has 1 atom stereocenters. The van der Waals surface area contributed by atoms with E-state index < -0.39 is 6.09 Å². The summed E-state index contributed by atoms with van der Waals surface area (Å²) in [7, 11) is 1.35. The van der Waals surface area contributed by atoms with Crippen molar-refractivity contribution in [2.24, 2.45) is 4.99 Å². The van der Waals surface area contributed by atoms with E-state index in [9.17, 15) is 4.79 Å². The van der Waals surface area contributed by atoms with Crippen molar-refractivity contribution in [2.75, 3.05) is 32.1 Å². The second kappa shape index (κ2) is 12.2. The first-order valence-electron chi connectivity index (χ1n) is 10.4. The number of ether oxygens (including phenoxy) is 1. The Hall–Kier alpha value is -1.55. The number of halogens is 1. The molecular weight excluding hydrogens is 481 g/mol. The number of guanidine groups is 1. The summed E-state index contributed by atoms with van der Waals surface area (Å²) in [6.07, 6.45) is 6.21. The number of benzene rings is 1. The van der Waals surface area contributed by atoms with E-state index in [1.165, 1.54) is 45.8 Å². The van der Waals surface area contributed by atoms with Crippen molar-refractivity contribution >= 4 is 41.7 Å². The van der Waals surface area contributed by atoms with Crippen LogP contribution in [0.1, 0.15) is 44.6 Å². The first kappa shape index (κ1) is 23.7. The molecule has 1 aliphatic heterocycles. The number of hydrogen-bond donors (Lipinski definition) is 3. The monoisotopic (exact) mass is 515 g/mol. The third-order valence-electron chi connectivity index (χ3n) is 5.55. The molecule has 1 amide bonds. The normalized spacial score (nSPS) is 20.2. The summed E-state index contributed by atoms with van der Waals surface area (Å²) < 4.78 is 4.60. The summed E-state index contributed by atoms with van der Waals surface area (Å²) in [6, 6.07) is 8.91. The van der Waals surface area contributed by atoms with Crippen molar-refractivity contribution in [1.29, 1.82) is 0 Å². The van der Waals surface area contributed by atoms with Gasteiger partial charge in [0.2, 0.25) is 0 Å². The minimum atomic E-state index is -0.465. The van der Waals surface area contributed by atoms with Crippen LogP contribution in [0.3, 0.4) is 0 Å². The van der Waals surface area contributed by atoms with Crippen molar-refractivity contribution < 1.29 is 9.53 Å². The maximum atomic E-state index is 11.2. The first-order chi connectivity index (χ1) is 13.7. The molecule has 29 heavy (non-hydrogen) atoms. The number of carbonyl (C=O) groups excluding carboxylic acids is 1. The highest BCUT2D eigenvalue weighted by Crippen LogP contribution is 2.26. The van der Waals surface area contributed by atoms with Crippen molar-refractivity contribution in [2.45, 2.75) is 57.7 Å². The number of methoxy groups -OCH3 is 1. The second-order valence-corrected chi connectivity index (χ2v) is 7.57. The van der Waals surface area contributed by atoms with E-state index >= 15 is 0 Å². The molecule has 1 aromatic rings. The lowest BCUT2D eigenvalue weighted by molar-refractivity contribution is 0.187. The summed E-state index contributed by atoms with van der Waals surface area (Å²) >= 11 is 0. The predicted octanol–water partition coefficient (Wildman–Crippen LogP) is 3.55. The molecule has 1 saturated heterocycles. The fourth-order valence-corrected chi connectivity index (χ4v) is 4.05. The fourth-order valence-electron chi connectivity index (χ4n) is 4.05. The van der Waals surface area contributed by atoms with Crippen LogP contribution >= 0.6 is 24.0 Å². The van der Waals surface area contributed by atoms with E-state index in [0.29, 0.717) is 18.3 Å². The topological polar surface area (TPSA) is 78.0 Å². The number of likely N-dealkylation sites (tertiary alicyclic amines) is 1. The molecule has 1 aliphatic carbocycles. The lowest BCUT2D eigenvalue weighted by Gasteiger charge is -2.24. The molecule has 3 rings (SSSR count). The van der Waals surface area contributed by atoms with Crippen molar-refractivity contribution in [1.82, 2.24) is 15.5 Å². The zero-order chi connectivity index (χ0) is 19.8. The quantitative estimate of drug-likeness (QED) is 0.307. The van der Waals surface area contributed by atoms with Gasteiger partial charge in [-0.05, 0) is 43.9 Å². The lowest BCUT2D eigenvalue weighted by Crippen LogP contribution is -2.45. The van der Waals surface area contributed by atoms with Crippen LogP contribution in [0.25, 0.3) is 0 Å². The molecule has 1 heterocycles. The van der Waals surface area contributed by atoms with Gasteiger partial charge in [0.25, 0.3) is 0 Å². The maximum Gasteiger partial charge on any atom is 0.411 e. The summed E-state index contributed by atoms with van der Waals surface area (Å²) in [5, 5.41) is 9.62. The van der Waals surface area contributed by atoms with Gasteiger partial charge < -0.3 is 15.4 Å². The van der Waals surface area contributed by atoms with Crippen LogP contribution in [0.4, 0.5) is 10.5 Å². The number of anilines is 1. The molecule has 2 aliphatic rings. The van der Waals surface area contributed by atoms with Gasteiger partial charge in [0.05, 0.1) is 13.7 Å². The summed E-state index contributed by atoms with van der Waals surface area (Å²) in [6.45, 7) is 5.82. The standard InChI is InChI=1S/C21H33N5O2.HI/c1-3-22-20(24-18-12-13-26(15-18)19-6-4-5-7-19)23-14-16-8-10-17(11-9-16)25-21(27)28-2;/h8-11,18-19H,3-7,12-15H2,1-2H3,(H,25,27)(H2,22,23,24);1H. The minimum absolute atomic E-state index is 0. The highest BCUT2D eigenvalue weighted by Gasteiger charge is 2.30. The molecule has 1 saturated carbocycles. The Morgan fingerprint density at radius 1 is 1.21 bits per heavy atom. The van der Waals surface area contributed by atoms with Gasteiger partial charge in [0.1, 0.15) is 0 Å². The largest absolute Gasteiger partial charge is 0.453 e. The van der Waals surface area contributed by atoms with Crippen LogP contribution in [0.2, 0.25) is 0 Å². The van der Waals surface area contributed by atoms with Gasteiger partial charge >= 0.3 is 6.09 Å². The van der Waals surface area contributed by atoms with Gasteiger partial charge in [0, 0.05) is 37.4 Å². The zero-order valence-electron chi connectivity index (χ0n) is 17.4. The van der Waals surface area contributed by atoms with Crippen LogP contribution in [0.15, 0.2) is 29.3 Å². The molecule has 0 spiro atoms. The summed E-state index contributed by atoms with van der Waals surface area (Å²) in [5.41, 5.74) is 1.80. The van der Waals surface area contributed by atoms with Crippen LogP contribution in [-0.2, 0) is 11.3 Å². The van der Waals surface area contributed by atoms with Crippen LogP contribution in [0, 0.1) is 0 Å². The van der Waals surface area contributed by atoms with E-state index in [0.717, 1.165) is 30.7 Å². The SMILES string of the molecule is CCNC(=NCc1ccc(NC(=O)OC)cc1)NC1CCN(C2CCCC2)C1.I. The average Bonchev–Trinajstić information content (AvgIpc) is 3.39. The smallest absolute Gasteiger partial charge is 0.411 e. The molecule has 162 valence electrons. The van der Waals surface area contributed by atoms with E-state index in [4.69, 9.17) is 4.99 Å². The molecule has 2 fully saturated rings. The lowest BCUT2D eigenvalue weighted by atomic mass is 10.2. The zero-order valence-corrected chi connectivity index (χ0v) is 19.8. The molecule has 7 nitrogen and oxygen atoms in total. The summed E-state index contributed by atoms with van der Waals surface area (Å²) in [4.78, 5) is 18.6. The third kappa shape index (κ3) is 7.33. The number of nitrogens with zero attached hydrogens (tertiary/aromatic N) is 2. The molecule has 1 unspecified atom stereocenters. The number of amides is 1. The average molecular weight is 515 g/mol. The fraction of sp³-hybridized carbons (Fsp3) is 0.619. The Labute approximate surface area is 191 Å². The second-order valence-electron chi connectivity index (χ2n) is 7.57. The number of rotatable bonds is 6. The summed E-state index contributed by atoms with van der Waals surface area (Å²) in [5.74, 6) is 0.873. The van der Waals surface area contributed by atoms with Gasteiger partial charge in [-0.25, -0.2) is 9.79 Å². The van der Waals surface area contributed by atoms with Crippen LogP contribution in [-0.4, -0.2) is 55.8 Å². The number of carbonyl (C=O) groups is 1. The maximum absolute atomic E-state index is 11.2. The first-order valence-corrected chi connectivity index (χ1v) is 10.4. The van der Waals surface area contributed by atoms with Crippen LogP contribution < -0.4 is 16.0 Å². The molecule has 3 N–H and O–H groups in total. The van der Waals surface area contributed by atoms with Crippen LogP contribution in [0.5, 0.6) is 0 Å². The van der Waals surface area contributed by atoms with E-state index in [-0.39, 0.29) is 24.0 Å². The number of hydrogen-bond acceptors (Lipinski definition) is 4. The van der Waals surface area contributed by atoms with E-state index in [2.05, 4.69) is 32.5 Å². The highest BCUT2D eigenvalue weighted by molar-refractivity contribution is 14.0. The van der Waals surface area contributed by atoms with Crippen molar-refractivity contribution in [3.05, 3.63) is 29.8 Å². The molecule has 8 heteroatoms. The Morgan fingerprint density at radius 3 is 2.59 bits per heavy atom. The number of aliphatic imine (C=N–C) groups is 1. The van der Waals surface area contributed by atoms with E-state index in [1.807, 2.05) is 24.3 Å². The minimum Gasteiger partial charge on any atom is -0.453 e. The predicted molar refractivity (Wildman–Crippen MR) is 128 cm³/mol. The van der Waals surface area contributed by atoms with Gasteiger partial charge in [-0.3, -0.25) is 10.2 Å². The molecule has 0 radical (unpaired) electrons. The molecule has 0 aromatic heterocycles. The van der Waals surface area contributed by atoms with Gasteiger partial charge in [-0.2, -0.15) is 0 Å². The molecule has 1 aromatic carbocycles. The number of nitrogens with one attached hydrogen (secondary N) is 3. The Balaban J connectivity index is 0.00000300. The van der Waals surface area contributed by atoms with Crippen molar-refractivity contribution in [3.8, 4) is 0 Å². The Bertz CT molecular complexity index is 662. The molecular formula is C21H34IN5O2. The third-order valence-corrected chi connectivity index (χ3v) is 5.55. The van der Waals surface area contributed by atoms with Gasteiger partial charge in [-0.1, -0.05) is 25.0 Å². The van der Waals surface area contributed by atoms with Crippen molar-refractivity contribution in [3.63, 3.8) is 0 Å². The highest BCUT2D eigenvalue weighted by atomic mass is 127. The van der Waals surface area contributed by atoms with Gasteiger partial charge in [-0.15, -0.1) is 24.0 Å². The Kier molecular flexibility index (Phi) is 9.99. The molecule has 0 bridgehead atoms. The van der Waals surface area contributed by atoms with E-state index in [1.54, 1.807) is 0 Å². The van der Waals surface area contributed by atoms with Gasteiger partial charge in [0.15, 0.2) is 5.96 Å².